The molecule has 0 aliphatic heterocycles. The SMILES string of the molecule is COc1ccc(C(N)=S)c(Nc2ccc(C)c(Cl)c2)c1. The minimum atomic E-state index is 0.327. The normalized spacial score (nSPS) is 10.2. The van der Waals surface area contributed by atoms with Crippen molar-refractivity contribution in [1.29, 1.82) is 0 Å². The quantitative estimate of drug-likeness (QED) is 0.837. The average molecular weight is 307 g/mol. The van der Waals surface area contributed by atoms with E-state index in [9.17, 15) is 0 Å². The maximum Gasteiger partial charge on any atom is 0.120 e. The minimum Gasteiger partial charge on any atom is -0.497 e. The van der Waals surface area contributed by atoms with Crippen LogP contribution in [0.15, 0.2) is 36.4 Å². The van der Waals surface area contributed by atoms with E-state index in [1.807, 2.05) is 43.3 Å². The molecular weight excluding hydrogens is 292 g/mol. The molecular formula is C15H15ClN2OS. The van der Waals surface area contributed by atoms with Gasteiger partial charge in [0.2, 0.25) is 0 Å². The second-order valence-corrected chi connectivity index (χ2v) is 5.21. The molecule has 0 heterocycles. The lowest BCUT2D eigenvalue weighted by atomic mass is 10.1. The molecule has 0 spiro atoms. The Kier molecular flexibility index (Phi) is 4.47. The summed E-state index contributed by atoms with van der Waals surface area (Å²) in [5, 5.41) is 3.97. The molecule has 0 saturated heterocycles. The van der Waals surface area contributed by atoms with E-state index in [4.69, 9.17) is 34.3 Å². The third-order valence-corrected chi connectivity index (χ3v) is 3.57. The van der Waals surface area contributed by atoms with Gasteiger partial charge in [-0.15, -0.1) is 0 Å². The predicted octanol–water partition coefficient (Wildman–Crippen LogP) is 4.03. The standard InChI is InChI=1S/C15H15ClN2OS/c1-9-3-4-10(7-13(9)16)18-14-8-11(19-2)5-6-12(14)15(17)20/h3-8,18H,1-2H3,(H2,17,20). The first-order chi connectivity index (χ1) is 9.51. The van der Waals surface area contributed by atoms with Crippen LogP contribution in [-0.2, 0) is 0 Å². The van der Waals surface area contributed by atoms with E-state index < -0.39 is 0 Å². The lowest BCUT2D eigenvalue weighted by Crippen LogP contribution is -2.12. The van der Waals surface area contributed by atoms with Crippen LogP contribution in [0.2, 0.25) is 5.02 Å². The monoisotopic (exact) mass is 306 g/mol. The third kappa shape index (κ3) is 3.21. The van der Waals surface area contributed by atoms with Crippen molar-refractivity contribution in [2.45, 2.75) is 6.92 Å². The number of ether oxygens (including phenoxy) is 1. The second-order valence-electron chi connectivity index (χ2n) is 4.36. The molecule has 3 N–H and O–H groups in total. The van der Waals surface area contributed by atoms with E-state index in [1.165, 1.54) is 0 Å². The summed E-state index contributed by atoms with van der Waals surface area (Å²) >= 11 is 11.2. The van der Waals surface area contributed by atoms with Crippen LogP contribution in [0.4, 0.5) is 11.4 Å². The summed E-state index contributed by atoms with van der Waals surface area (Å²) in [6.07, 6.45) is 0. The highest BCUT2D eigenvalue weighted by Gasteiger charge is 2.08. The van der Waals surface area contributed by atoms with Gasteiger partial charge in [-0.3, -0.25) is 0 Å². The number of anilines is 2. The van der Waals surface area contributed by atoms with Gasteiger partial charge in [-0.25, -0.2) is 0 Å². The molecule has 0 saturated carbocycles. The Labute approximate surface area is 128 Å². The number of hydrogen-bond acceptors (Lipinski definition) is 3. The Morgan fingerprint density at radius 1 is 1.25 bits per heavy atom. The van der Waals surface area contributed by atoms with E-state index >= 15 is 0 Å². The molecule has 0 aliphatic carbocycles. The number of rotatable bonds is 4. The number of methoxy groups -OCH3 is 1. The topological polar surface area (TPSA) is 47.3 Å². The molecule has 0 fully saturated rings. The summed E-state index contributed by atoms with van der Waals surface area (Å²) in [6.45, 7) is 1.96. The van der Waals surface area contributed by atoms with Crippen LogP contribution in [0.3, 0.4) is 0 Å². The van der Waals surface area contributed by atoms with Gasteiger partial charge in [0, 0.05) is 22.3 Å². The van der Waals surface area contributed by atoms with Crippen molar-refractivity contribution >= 4 is 40.2 Å². The fourth-order valence-corrected chi connectivity index (χ4v) is 2.15. The molecule has 5 heteroatoms. The lowest BCUT2D eigenvalue weighted by molar-refractivity contribution is 0.415. The van der Waals surface area contributed by atoms with Gasteiger partial charge in [-0.05, 0) is 36.8 Å². The summed E-state index contributed by atoms with van der Waals surface area (Å²) < 4.78 is 5.22. The number of nitrogens with one attached hydrogen (secondary N) is 1. The van der Waals surface area contributed by atoms with Crippen LogP contribution in [0.1, 0.15) is 11.1 Å². The first-order valence-electron chi connectivity index (χ1n) is 6.02. The van der Waals surface area contributed by atoms with E-state index in [0.29, 0.717) is 10.0 Å². The number of aryl methyl sites for hydroxylation is 1. The maximum atomic E-state index is 6.13. The van der Waals surface area contributed by atoms with E-state index in [2.05, 4.69) is 5.32 Å². The Morgan fingerprint density at radius 2 is 2.00 bits per heavy atom. The molecule has 20 heavy (non-hydrogen) atoms. The fraction of sp³-hybridized carbons (Fsp3) is 0.133. The molecule has 2 aromatic rings. The Bertz CT molecular complexity index is 658. The molecule has 0 atom stereocenters. The van der Waals surface area contributed by atoms with E-state index in [0.717, 1.165) is 28.3 Å². The molecule has 3 nitrogen and oxygen atoms in total. The maximum absolute atomic E-state index is 6.13. The third-order valence-electron chi connectivity index (χ3n) is 2.94. The summed E-state index contributed by atoms with van der Waals surface area (Å²) in [5.74, 6) is 0.728. The fourth-order valence-electron chi connectivity index (χ4n) is 1.79. The van der Waals surface area contributed by atoms with Gasteiger partial charge in [0.1, 0.15) is 10.7 Å². The van der Waals surface area contributed by atoms with Crippen LogP contribution < -0.4 is 15.8 Å². The zero-order valence-corrected chi connectivity index (χ0v) is 12.8. The number of halogens is 1. The second kappa shape index (κ2) is 6.11. The number of thiocarbonyl (C=S) groups is 1. The molecule has 0 radical (unpaired) electrons. The van der Waals surface area contributed by atoms with Crippen molar-refractivity contribution in [3.05, 3.63) is 52.5 Å². The van der Waals surface area contributed by atoms with Crippen LogP contribution in [0, 0.1) is 6.92 Å². The van der Waals surface area contributed by atoms with Gasteiger partial charge < -0.3 is 15.8 Å². The Balaban J connectivity index is 2.40. The molecule has 0 bridgehead atoms. The smallest absolute Gasteiger partial charge is 0.120 e. The summed E-state index contributed by atoms with van der Waals surface area (Å²) in [6, 6.07) is 11.3. The van der Waals surface area contributed by atoms with Crippen molar-refractivity contribution in [3.8, 4) is 5.75 Å². The van der Waals surface area contributed by atoms with Gasteiger partial charge >= 0.3 is 0 Å². The van der Waals surface area contributed by atoms with Gasteiger partial charge in [-0.1, -0.05) is 29.9 Å². The highest BCUT2D eigenvalue weighted by molar-refractivity contribution is 7.80. The Hall–Kier alpha value is -1.78. The summed E-state index contributed by atoms with van der Waals surface area (Å²) in [5.41, 5.74) is 9.18. The van der Waals surface area contributed by atoms with Crippen molar-refractivity contribution < 1.29 is 4.74 Å². The molecule has 104 valence electrons. The molecule has 0 aromatic heterocycles. The lowest BCUT2D eigenvalue weighted by Gasteiger charge is -2.13. The zero-order chi connectivity index (χ0) is 14.7. The molecule has 0 aliphatic rings. The number of hydrogen-bond donors (Lipinski definition) is 2. The highest BCUT2D eigenvalue weighted by Crippen LogP contribution is 2.28. The van der Waals surface area contributed by atoms with Gasteiger partial charge in [-0.2, -0.15) is 0 Å². The minimum absolute atomic E-state index is 0.327. The number of nitrogens with two attached hydrogens (primary N) is 1. The molecule has 2 aromatic carbocycles. The van der Waals surface area contributed by atoms with Crippen molar-refractivity contribution in [1.82, 2.24) is 0 Å². The van der Waals surface area contributed by atoms with Crippen molar-refractivity contribution in [3.63, 3.8) is 0 Å². The summed E-state index contributed by atoms with van der Waals surface area (Å²) in [4.78, 5) is 0.327. The van der Waals surface area contributed by atoms with E-state index in [1.54, 1.807) is 7.11 Å². The Morgan fingerprint density at radius 3 is 2.60 bits per heavy atom. The molecule has 0 amide bonds. The highest BCUT2D eigenvalue weighted by atomic mass is 35.5. The number of benzene rings is 2. The average Bonchev–Trinajstić information content (AvgIpc) is 2.42. The van der Waals surface area contributed by atoms with Gasteiger partial charge in [0.25, 0.3) is 0 Å². The van der Waals surface area contributed by atoms with E-state index in [-0.39, 0.29) is 0 Å². The van der Waals surface area contributed by atoms with Crippen LogP contribution >= 0.6 is 23.8 Å². The van der Waals surface area contributed by atoms with Crippen molar-refractivity contribution in [2.24, 2.45) is 5.73 Å². The first kappa shape index (κ1) is 14.6. The van der Waals surface area contributed by atoms with Crippen LogP contribution in [0.25, 0.3) is 0 Å². The summed E-state index contributed by atoms with van der Waals surface area (Å²) in [7, 11) is 1.61. The predicted molar refractivity (Wildman–Crippen MR) is 88.4 cm³/mol. The van der Waals surface area contributed by atoms with Crippen LogP contribution in [-0.4, -0.2) is 12.1 Å². The molecule has 0 unspecified atom stereocenters. The molecule has 2 rings (SSSR count). The van der Waals surface area contributed by atoms with Crippen molar-refractivity contribution in [2.75, 3.05) is 12.4 Å². The van der Waals surface area contributed by atoms with Crippen LogP contribution in [0.5, 0.6) is 5.75 Å². The van der Waals surface area contributed by atoms with Gasteiger partial charge in [0.15, 0.2) is 0 Å². The zero-order valence-electron chi connectivity index (χ0n) is 11.2. The first-order valence-corrected chi connectivity index (χ1v) is 6.81. The largest absolute Gasteiger partial charge is 0.497 e. The van der Waals surface area contributed by atoms with Gasteiger partial charge in [0.05, 0.1) is 12.8 Å².